The highest BCUT2D eigenvalue weighted by Gasteiger charge is 2.14. The number of nitrogens with zero attached hydrogens (tertiary/aromatic N) is 1. The molecule has 0 spiro atoms. The Hall–Kier alpha value is -1.98. The highest BCUT2D eigenvalue weighted by molar-refractivity contribution is 7.80. The molecule has 0 aliphatic carbocycles. The Labute approximate surface area is 123 Å². The molecule has 104 valence electrons. The maximum atomic E-state index is 9.34. The summed E-state index contributed by atoms with van der Waals surface area (Å²) in [6.07, 6.45) is 0. The van der Waals surface area contributed by atoms with Crippen LogP contribution >= 0.6 is 12.2 Å². The summed E-state index contributed by atoms with van der Waals surface area (Å²) in [6.45, 7) is 3.62. The molecule has 5 heteroatoms. The normalized spacial score (nSPS) is 10.3. The van der Waals surface area contributed by atoms with Crippen LogP contribution in [0.25, 0.3) is 0 Å². The minimum absolute atomic E-state index is 0.0956. The van der Waals surface area contributed by atoms with Crippen molar-refractivity contribution < 1.29 is 9.84 Å². The molecule has 1 heterocycles. The number of benzene rings is 1. The van der Waals surface area contributed by atoms with Gasteiger partial charge in [-0.15, -0.1) is 0 Å². The lowest BCUT2D eigenvalue weighted by molar-refractivity contribution is 0.276. The third-order valence-corrected chi connectivity index (χ3v) is 3.11. The SMILES string of the molecule is Cc1cc(Oc2ccccc2CO)c(C(N)=S)c(C)n1. The molecule has 2 rings (SSSR count). The van der Waals surface area contributed by atoms with Crippen molar-refractivity contribution in [1.82, 2.24) is 4.98 Å². The number of para-hydroxylation sites is 1. The summed E-state index contributed by atoms with van der Waals surface area (Å²) in [5.74, 6) is 1.14. The molecule has 0 radical (unpaired) electrons. The topological polar surface area (TPSA) is 68.4 Å². The quantitative estimate of drug-likeness (QED) is 0.846. The monoisotopic (exact) mass is 288 g/mol. The predicted octanol–water partition coefficient (Wildman–Crippen LogP) is 2.62. The van der Waals surface area contributed by atoms with Gasteiger partial charge in [0.2, 0.25) is 0 Å². The van der Waals surface area contributed by atoms with Crippen molar-refractivity contribution in [2.24, 2.45) is 5.73 Å². The Kier molecular flexibility index (Phi) is 4.32. The molecular formula is C15H16N2O2S. The molecule has 2 aromatic rings. The Bertz CT molecular complexity index is 656. The molecule has 0 aliphatic heterocycles. The van der Waals surface area contributed by atoms with Crippen molar-refractivity contribution in [3.05, 3.63) is 52.8 Å². The lowest BCUT2D eigenvalue weighted by atomic mass is 10.1. The summed E-state index contributed by atoms with van der Waals surface area (Å²) >= 11 is 5.07. The highest BCUT2D eigenvalue weighted by atomic mass is 32.1. The maximum absolute atomic E-state index is 9.34. The summed E-state index contributed by atoms with van der Waals surface area (Å²) in [4.78, 5) is 4.58. The molecule has 0 saturated carbocycles. The van der Waals surface area contributed by atoms with Crippen molar-refractivity contribution in [1.29, 1.82) is 0 Å². The van der Waals surface area contributed by atoms with Crippen LogP contribution < -0.4 is 10.5 Å². The Morgan fingerprint density at radius 2 is 2.00 bits per heavy atom. The van der Waals surface area contributed by atoms with E-state index in [9.17, 15) is 5.11 Å². The fraction of sp³-hybridized carbons (Fsp3) is 0.200. The van der Waals surface area contributed by atoms with Crippen molar-refractivity contribution in [3.63, 3.8) is 0 Å². The molecule has 0 amide bonds. The minimum Gasteiger partial charge on any atom is -0.456 e. The van der Waals surface area contributed by atoms with E-state index in [4.69, 9.17) is 22.7 Å². The molecule has 0 unspecified atom stereocenters. The average Bonchev–Trinajstić information content (AvgIpc) is 2.38. The van der Waals surface area contributed by atoms with E-state index in [0.717, 1.165) is 11.4 Å². The van der Waals surface area contributed by atoms with Crippen LogP contribution in [-0.2, 0) is 6.61 Å². The molecule has 1 aromatic carbocycles. The number of hydrogen-bond acceptors (Lipinski definition) is 4. The number of rotatable bonds is 4. The second kappa shape index (κ2) is 5.98. The van der Waals surface area contributed by atoms with Gasteiger partial charge in [-0.3, -0.25) is 4.98 Å². The Morgan fingerprint density at radius 1 is 1.30 bits per heavy atom. The van der Waals surface area contributed by atoms with Crippen LogP contribution in [0.1, 0.15) is 22.5 Å². The van der Waals surface area contributed by atoms with Crippen LogP contribution in [0.3, 0.4) is 0 Å². The minimum atomic E-state index is -0.0956. The first-order valence-electron chi connectivity index (χ1n) is 6.17. The predicted molar refractivity (Wildman–Crippen MR) is 82.0 cm³/mol. The van der Waals surface area contributed by atoms with E-state index in [2.05, 4.69) is 4.98 Å². The molecule has 4 nitrogen and oxygen atoms in total. The van der Waals surface area contributed by atoms with Gasteiger partial charge in [0.25, 0.3) is 0 Å². The van der Waals surface area contributed by atoms with E-state index in [1.807, 2.05) is 26.0 Å². The first-order chi connectivity index (χ1) is 9.52. The van der Waals surface area contributed by atoms with Crippen molar-refractivity contribution >= 4 is 17.2 Å². The molecule has 0 aliphatic rings. The standard InChI is InChI=1S/C15H16N2O2S/c1-9-7-13(14(15(16)20)10(2)17-9)19-12-6-4-3-5-11(12)8-18/h3-7,18H,8H2,1-2H3,(H2,16,20). The average molecular weight is 288 g/mol. The largest absolute Gasteiger partial charge is 0.456 e. The fourth-order valence-electron chi connectivity index (χ4n) is 2.03. The van der Waals surface area contributed by atoms with Gasteiger partial charge in [0.1, 0.15) is 16.5 Å². The number of aromatic nitrogens is 1. The molecular weight excluding hydrogens is 272 g/mol. The smallest absolute Gasteiger partial charge is 0.141 e. The van der Waals surface area contributed by atoms with E-state index < -0.39 is 0 Å². The molecule has 3 N–H and O–H groups in total. The maximum Gasteiger partial charge on any atom is 0.141 e. The van der Waals surface area contributed by atoms with Gasteiger partial charge in [-0.25, -0.2) is 0 Å². The summed E-state index contributed by atoms with van der Waals surface area (Å²) in [6, 6.07) is 9.07. The molecule has 1 aromatic heterocycles. The van der Waals surface area contributed by atoms with Crippen molar-refractivity contribution in [3.8, 4) is 11.5 Å². The number of hydrogen-bond donors (Lipinski definition) is 2. The van der Waals surface area contributed by atoms with E-state index in [1.54, 1.807) is 18.2 Å². The number of aliphatic hydroxyl groups is 1. The molecule has 0 saturated heterocycles. The third-order valence-electron chi connectivity index (χ3n) is 2.90. The summed E-state index contributed by atoms with van der Waals surface area (Å²) in [5, 5.41) is 9.34. The van der Waals surface area contributed by atoms with E-state index >= 15 is 0 Å². The molecule has 20 heavy (non-hydrogen) atoms. The number of aliphatic hydroxyl groups excluding tert-OH is 1. The van der Waals surface area contributed by atoms with Gasteiger partial charge in [-0.1, -0.05) is 30.4 Å². The number of nitrogens with two attached hydrogens (primary N) is 1. The number of pyridine rings is 1. The first-order valence-corrected chi connectivity index (χ1v) is 6.58. The number of aryl methyl sites for hydroxylation is 2. The third kappa shape index (κ3) is 2.95. The molecule has 0 fully saturated rings. The lowest BCUT2D eigenvalue weighted by Crippen LogP contribution is -2.14. The zero-order chi connectivity index (χ0) is 14.7. The summed E-state index contributed by atoms with van der Waals surface area (Å²) in [7, 11) is 0. The Morgan fingerprint density at radius 3 is 2.65 bits per heavy atom. The van der Waals surface area contributed by atoms with Crippen LogP contribution in [0.2, 0.25) is 0 Å². The van der Waals surface area contributed by atoms with E-state index in [1.165, 1.54) is 0 Å². The molecule has 0 bridgehead atoms. The second-order valence-electron chi connectivity index (χ2n) is 4.45. The highest BCUT2D eigenvalue weighted by Crippen LogP contribution is 2.30. The van der Waals surface area contributed by atoms with Crippen LogP contribution in [0, 0.1) is 13.8 Å². The Balaban J connectivity index is 2.50. The van der Waals surface area contributed by atoms with Crippen molar-refractivity contribution in [2.75, 3.05) is 0 Å². The van der Waals surface area contributed by atoms with Crippen molar-refractivity contribution in [2.45, 2.75) is 20.5 Å². The van der Waals surface area contributed by atoms with Crippen LogP contribution in [0.15, 0.2) is 30.3 Å². The van der Waals surface area contributed by atoms with E-state index in [0.29, 0.717) is 22.6 Å². The fourth-order valence-corrected chi connectivity index (χ4v) is 2.27. The van der Waals surface area contributed by atoms with Gasteiger partial charge in [0, 0.05) is 17.3 Å². The lowest BCUT2D eigenvalue weighted by Gasteiger charge is -2.15. The van der Waals surface area contributed by atoms with Gasteiger partial charge in [0.05, 0.1) is 17.9 Å². The first kappa shape index (κ1) is 14.4. The zero-order valence-corrected chi connectivity index (χ0v) is 12.2. The zero-order valence-electron chi connectivity index (χ0n) is 11.4. The van der Waals surface area contributed by atoms with Crippen LogP contribution in [-0.4, -0.2) is 15.1 Å². The van der Waals surface area contributed by atoms with Gasteiger partial charge in [-0.05, 0) is 19.9 Å². The van der Waals surface area contributed by atoms with Crippen LogP contribution in [0.4, 0.5) is 0 Å². The summed E-state index contributed by atoms with van der Waals surface area (Å²) in [5.41, 5.74) is 8.63. The second-order valence-corrected chi connectivity index (χ2v) is 4.89. The van der Waals surface area contributed by atoms with Gasteiger partial charge < -0.3 is 15.6 Å². The number of ether oxygens (including phenoxy) is 1. The summed E-state index contributed by atoms with van der Waals surface area (Å²) < 4.78 is 5.89. The van der Waals surface area contributed by atoms with Gasteiger partial charge >= 0.3 is 0 Å². The molecule has 0 atom stereocenters. The van der Waals surface area contributed by atoms with E-state index in [-0.39, 0.29) is 11.6 Å². The van der Waals surface area contributed by atoms with Crippen LogP contribution in [0.5, 0.6) is 11.5 Å². The number of thiocarbonyl (C=S) groups is 1. The van der Waals surface area contributed by atoms with Gasteiger partial charge in [-0.2, -0.15) is 0 Å². The van der Waals surface area contributed by atoms with Gasteiger partial charge in [0.15, 0.2) is 0 Å².